The summed E-state index contributed by atoms with van der Waals surface area (Å²) in [5.74, 6) is 0.874. The van der Waals surface area contributed by atoms with Crippen molar-refractivity contribution in [1.82, 2.24) is 20.0 Å². The SMILES string of the molecule is CCN(Cc1cnn(CC)c1)C(=O)N[C@@H]1CCCc2cc(OC)ccc21. The van der Waals surface area contributed by atoms with Crippen LogP contribution in [0.15, 0.2) is 30.6 Å². The zero-order valence-corrected chi connectivity index (χ0v) is 15.9. The predicted molar refractivity (Wildman–Crippen MR) is 101 cm³/mol. The number of amides is 2. The number of nitrogens with zero attached hydrogens (tertiary/aromatic N) is 3. The molecule has 2 amide bonds. The lowest BCUT2D eigenvalue weighted by Gasteiger charge is -2.29. The van der Waals surface area contributed by atoms with E-state index in [2.05, 4.69) is 29.5 Å². The van der Waals surface area contributed by atoms with Gasteiger partial charge in [0.1, 0.15) is 5.75 Å². The molecule has 1 aliphatic carbocycles. The van der Waals surface area contributed by atoms with Crippen molar-refractivity contribution < 1.29 is 9.53 Å². The molecule has 1 aromatic carbocycles. The summed E-state index contributed by atoms with van der Waals surface area (Å²) in [4.78, 5) is 14.6. The quantitative estimate of drug-likeness (QED) is 0.861. The van der Waals surface area contributed by atoms with Crippen molar-refractivity contribution in [3.8, 4) is 5.75 Å². The number of hydrogen-bond acceptors (Lipinski definition) is 3. The molecule has 0 radical (unpaired) electrons. The molecule has 0 unspecified atom stereocenters. The van der Waals surface area contributed by atoms with Crippen molar-refractivity contribution in [2.45, 2.75) is 52.2 Å². The summed E-state index contributed by atoms with van der Waals surface area (Å²) >= 11 is 0. The second-order valence-electron chi connectivity index (χ2n) is 6.68. The minimum atomic E-state index is -0.0228. The number of methoxy groups -OCH3 is 1. The molecule has 0 fully saturated rings. The Bertz CT molecular complexity index is 756. The fourth-order valence-electron chi connectivity index (χ4n) is 3.52. The van der Waals surface area contributed by atoms with Crippen LogP contribution in [0.5, 0.6) is 5.75 Å². The molecular weight excluding hydrogens is 328 g/mol. The molecule has 0 bridgehead atoms. The fourth-order valence-corrected chi connectivity index (χ4v) is 3.52. The van der Waals surface area contributed by atoms with Crippen LogP contribution >= 0.6 is 0 Å². The Balaban J connectivity index is 1.68. The summed E-state index contributed by atoms with van der Waals surface area (Å²) in [6.07, 6.45) is 6.91. The Kier molecular flexibility index (Phi) is 5.81. The summed E-state index contributed by atoms with van der Waals surface area (Å²) in [6.45, 7) is 6.12. The van der Waals surface area contributed by atoms with E-state index in [0.29, 0.717) is 13.1 Å². The number of carbonyl (C=O) groups excluding carboxylic acids is 1. The van der Waals surface area contributed by atoms with E-state index < -0.39 is 0 Å². The lowest BCUT2D eigenvalue weighted by Crippen LogP contribution is -2.42. The van der Waals surface area contributed by atoms with E-state index in [4.69, 9.17) is 4.74 Å². The number of carbonyl (C=O) groups is 1. The predicted octanol–water partition coefficient (Wildman–Crippen LogP) is 3.52. The summed E-state index contributed by atoms with van der Waals surface area (Å²) < 4.78 is 7.21. The van der Waals surface area contributed by atoms with Crippen LogP contribution in [0, 0.1) is 0 Å². The van der Waals surface area contributed by atoms with E-state index in [1.54, 1.807) is 7.11 Å². The third-order valence-electron chi connectivity index (χ3n) is 5.02. The van der Waals surface area contributed by atoms with Crippen LogP contribution in [0.2, 0.25) is 0 Å². The summed E-state index contributed by atoms with van der Waals surface area (Å²) in [6, 6.07) is 6.18. The molecule has 140 valence electrons. The van der Waals surface area contributed by atoms with Crippen LogP contribution < -0.4 is 10.1 Å². The van der Waals surface area contributed by atoms with Crippen molar-refractivity contribution in [1.29, 1.82) is 0 Å². The van der Waals surface area contributed by atoms with Crippen LogP contribution in [0.4, 0.5) is 4.79 Å². The number of aromatic nitrogens is 2. The van der Waals surface area contributed by atoms with Crippen LogP contribution in [-0.4, -0.2) is 34.4 Å². The lowest BCUT2D eigenvalue weighted by atomic mass is 9.87. The third kappa shape index (κ3) is 4.00. The molecule has 1 aromatic heterocycles. The Labute approximate surface area is 155 Å². The van der Waals surface area contributed by atoms with E-state index in [-0.39, 0.29) is 12.1 Å². The number of aryl methyl sites for hydroxylation is 2. The first-order valence-electron chi connectivity index (χ1n) is 9.38. The number of hydrogen-bond donors (Lipinski definition) is 1. The highest BCUT2D eigenvalue weighted by molar-refractivity contribution is 5.75. The molecule has 1 heterocycles. The molecule has 0 aliphatic heterocycles. The maximum absolute atomic E-state index is 12.8. The number of ether oxygens (including phenoxy) is 1. The maximum atomic E-state index is 12.8. The van der Waals surface area contributed by atoms with Gasteiger partial charge in [0.05, 0.1) is 25.9 Å². The molecule has 1 atom stereocenters. The van der Waals surface area contributed by atoms with Crippen LogP contribution in [0.3, 0.4) is 0 Å². The highest BCUT2D eigenvalue weighted by atomic mass is 16.5. The second-order valence-corrected chi connectivity index (χ2v) is 6.68. The van der Waals surface area contributed by atoms with Gasteiger partial charge in [0.25, 0.3) is 0 Å². The molecule has 0 saturated heterocycles. The van der Waals surface area contributed by atoms with Crippen molar-refractivity contribution in [2.75, 3.05) is 13.7 Å². The molecule has 0 saturated carbocycles. The third-order valence-corrected chi connectivity index (χ3v) is 5.02. The Hall–Kier alpha value is -2.50. The van der Waals surface area contributed by atoms with Crippen molar-refractivity contribution in [3.05, 3.63) is 47.3 Å². The van der Waals surface area contributed by atoms with Gasteiger partial charge in [-0.05, 0) is 56.4 Å². The Morgan fingerprint density at radius 2 is 2.27 bits per heavy atom. The van der Waals surface area contributed by atoms with Gasteiger partial charge in [0, 0.05) is 24.8 Å². The number of rotatable bonds is 6. The number of nitrogens with one attached hydrogen (secondary N) is 1. The van der Waals surface area contributed by atoms with Crippen LogP contribution in [-0.2, 0) is 19.5 Å². The number of fused-ring (bicyclic) bond motifs is 1. The molecule has 1 N–H and O–H groups in total. The van der Waals surface area contributed by atoms with E-state index in [9.17, 15) is 4.79 Å². The molecule has 26 heavy (non-hydrogen) atoms. The smallest absolute Gasteiger partial charge is 0.318 e. The van der Waals surface area contributed by atoms with E-state index in [0.717, 1.165) is 37.1 Å². The maximum Gasteiger partial charge on any atom is 0.318 e. The number of urea groups is 1. The largest absolute Gasteiger partial charge is 0.497 e. The normalized spacial score (nSPS) is 16.0. The van der Waals surface area contributed by atoms with Gasteiger partial charge < -0.3 is 15.0 Å². The van der Waals surface area contributed by atoms with Gasteiger partial charge in [0.2, 0.25) is 0 Å². The molecule has 6 nitrogen and oxygen atoms in total. The molecule has 3 rings (SSSR count). The van der Waals surface area contributed by atoms with Gasteiger partial charge in [0.15, 0.2) is 0 Å². The van der Waals surface area contributed by atoms with Gasteiger partial charge in [-0.2, -0.15) is 5.10 Å². The standard InChI is InChI=1S/C20H28N4O2/c1-4-23(13-15-12-21-24(5-2)14-15)20(25)22-19-8-6-7-16-11-17(26-3)9-10-18(16)19/h9-12,14,19H,4-8,13H2,1-3H3,(H,22,25)/t19-/m1/s1. The Morgan fingerprint density at radius 1 is 1.42 bits per heavy atom. The van der Waals surface area contributed by atoms with E-state index in [1.165, 1.54) is 11.1 Å². The van der Waals surface area contributed by atoms with Gasteiger partial charge in [-0.3, -0.25) is 4.68 Å². The summed E-state index contributed by atoms with van der Waals surface area (Å²) in [5, 5.41) is 7.51. The lowest BCUT2D eigenvalue weighted by molar-refractivity contribution is 0.192. The number of benzene rings is 1. The molecule has 6 heteroatoms. The van der Waals surface area contributed by atoms with Crippen LogP contribution in [0.25, 0.3) is 0 Å². The van der Waals surface area contributed by atoms with Gasteiger partial charge in [-0.25, -0.2) is 4.79 Å². The first kappa shape index (κ1) is 18.3. The van der Waals surface area contributed by atoms with Crippen LogP contribution in [0.1, 0.15) is 49.4 Å². The second kappa shape index (κ2) is 8.25. The highest BCUT2D eigenvalue weighted by Crippen LogP contribution is 2.32. The summed E-state index contributed by atoms with van der Waals surface area (Å²) in [7, 11) is 1.68. The monoisotopic (exact) mass is 356 g/mol. The van der Waals surface area contributed by atoms with Gasteiger partial charge in [-0.1, -0.05) is 6.07 Å². The Morgan fingerprint density at radius 3 is 2.96 bits per heavy atom. The zero-order valence-electron chi connectivity index (χ0n) is 15.9. The van der Waals surface area contributed by atoms with E-state index >= 15 is 0 Å². The molecular formula is C20H28N4O2. The zero-order chi connectivity index (χ0) is 18.5. The molecule has 2 aromatic rings. The van der Waals surface area contributed by atoms with Crippen molar-refractivity contribution in [3.63, 3.8) is 0 Å². The van der Waals surface area contributed by atoms with Crippen molar-refractivity contribution >= 4 is 6.03 Å². The highest BCUT2D eigenvalue weighted by Gasteiger charge is 2.24. The first-order valence-corrected chi connectivity index (χ1v) is 9.38. The minimum absolute atomic E-state index is 0.0228. The van der Waals surface area contributed by atoms with Crippen molar-refractivity contribution in [2.24, 2.45) is 0 Å². The van der Waals surface area contributed by atoms with E-state index in [1.807, 2.05) is 35.0 Å². The fraction of sp³-hybridized carbons (Fsp3) is 0.500. The van der Waals surface area contributed by atoms with Gasteiger partial charge in [-0.15, -0.1) is 0 Å². The van der Waals surface area contributed by atoms with Gasteiger partial charge >= 0.3 is 6.03 Å². The topological polar surface area (TPSA) is 59.4 Å². The molecule has 0 spiro atoms. The first-order chi connectivity index (χ1) is 12.6. The summed E-state index contributed by atoms with van der Waals surface area (Å²) in [5.41, 5.74) is 3.53. The minimum Gasteiger partial charge on any atom is -0.497 e. The average Bonchev–Trinajstić information content (AvgIpc) is 3.13. The molecule has 1 aliphatic rings. The average molecular weight is 356 g/mol.